The Bertz CT molecular complexity index is 1600. The largest absolute Gasteiger partial charge is 0.494 e. The minimum Gasteiger partial charge on any atom is -0.494 e. The molecule has 12 nitrogen and oxygen atoms in total. The van der Waals surface area contributed by atoms with Crippen LogP contribution in [0.2, 0.25) is 0 Å². The number of pyridine rings is 1. The summed E-state index contributed by atoms with van der Waals surface area (Å²) in [6.07, 6.45) is 1.94. The lowest BCUT2D eigenvalue weighted by Crippen LogP contribution is -2.24. The topological polar surface area (TPSA) is 142 Å². The maximum absolute atomic E-state index is 13.5. The van der Waals surface area contributed by atoms with E-state index in [-0.39, 0.29) is 41.2 Å². The van der Waals surface area contributed by atoms with Gasteiger partial charge in [0, 0.05) is 20.5 Å². The molecule has 1 aromatic carbocycles. The van der Waals surface area contributed by atoms with Crippen molar-refractivity contribution in [3.63, 3.8) is 0 Å². The maximum atomic E-state index is 13.5. The second-order valence-electron chi connectivity index (χ2n) is 9.03. The fourth-order valence-corrected chi connectivity index (χ4v) is 5.16. The van der Waals surface area contributed by atoms with E-state index in [1.165, 1.54) is 30.6 Å². The van der Waals surface area contributed by atoms with E-state index in [1.807, 2.05) is 0 Å². The Morgan fingerprint density at radius 1 is 1.02 bits per heavy atom. The van der Waals surface area contributed by atoms with E-state index in [9.17, 15) is 17.6 Å². The molecule has 0 bridgehead atoms. The van der Waals surface area contributed by atoms with Crippen molar-refractivity contribution in [3.05, 3.63) is 72.0 Å². The van der Waals surface area contributed by atoms with Gasteiger partial charge in [-0.15, -0.1) is 10.2 Å². The summed E-state index contributed by atoms with van der Waals surface area (Å²) >= 11 is 0. The molecule has 0 unspecified atom stereocenters. The summed E-state index contributed by atoms with van der Waals surface area (Å²) in [4.78, 5) is 26.2. The number of aromatic nitrogens is 6. The molecule has 40 heavy (non-hydrogen) atoms. The van der Waals surface area contributed by atoms with Crippen LogP contribution in [0.4, 0.5) is 4.39 Å². The number of benzene rings is 1. The molecule has 3 heterocycles. The monoisotopic (exact) mass is 569 g/mol. The number of nitrogens with zero attached hydrogens (tertiary/aromatic N) is 7. The van der Waals surface area contributed by atoms with Crippen molar-refractivity contribution in [1.29, 1.82) is 0 Å². The first-order valence-corrected chi connectivity index (χ1v) is 13.8. The van der Waals surface area contributed by atoms with Gasteiger partial charge in [0.15, 0.2) is 27.3 Å². The Labute approximate surface area is 230 Å². The second kappa shape index (κ2) is 11.7. The van der Waals surface area contributed by atoms with E-state index >= 15 is 0 Å². The summed E-state index contributed by atoms with van der Waals surface area (Å²) in [6, 6.07) is 9.96. The van der Waals surface area contributed by atoms with Crippen LogP contribution in [0.25, 0.3) is 17.2 Å². The van der Waals surface area contributed by atoms with Crippen LogP contribution >= 0.6 is 0 Å². The number of amides is 1. The summed E-state index contributed by atoms with van der Waals surface area (Å²) < 4.78 is 52.9. The number of carbonyl (C=O) groups is 1. The number of para-hydroxylation sites is 1. The molecule has 1 atom stereocenters. The zero-order chi connectivity index (χ0) is 29.0. The second-order valence-corrected chi connectivity index (χ2v) is 11.5. The molecule has 3 aromatic heterocycles. The third-order valence-corrected chi connectivity index (χ3v) is 8.10. The Morgan fingerprint density at radius 3 is 2.25 bits per heavy atom. The number of methoxy groups -OCH3 is 2. The molecule has 0 saturated carbocycles. The van der Waals surface area contributed by atoms with Gasteiger partial charge < -0.3 is 14.4 Å². The lowest BCUT2D eigenvalue weighted by Gasteiger charge is -2.18. The van der Waals surface area contributed by atoms with Crippen LogP contribution in [-0.2, 0) is 22.0 Å². The van der Waals surface area contributed by atoms with Gasteiger partial charge in [-0.05, 0) is 31.2 Å². The standard InChI is InChI=1S/C26H28FN7O5S/c1-16(12-22-28-13-17(27)14-29-22)40(36,37)15-23-31-32-25(18-8-6-9-19(30-18)26(35)33(2)3)34(23)24-20(38-4)10-7-11-21(24)39-5/h6-11,13-14,16H,12,15H2,1-5H3/t16-/m1/s1. The van der Waals surface area contributed by atoms with Gasteiger partial charge in [0.25, 0.3) is 5.91 Å². The van der Waals surface area contributed by atoms with E-state index in [2.05, 4.69) is 25.1 Å². The summed E-state index contributed by atoms with van der Waals surface area (Å²) in [5, 5.41) is 7.58. The Morgan fingerprint density at radius 2 is 1.65 bits per heavy atom. The Hall–Kier alpha value is -4.46. The minimum absolute atomic E-state index is 0.0299. The fourth-order valence-electron chi connectivity index (χ4n) is 3.92. The summed E-state index contributed by atoms with van der Waals surface area (Å²) in [5.74, 6) is -0.276. The number of sulfone groups is 1. The van der Waals surface area contributed by atoms with Crippen LogP contribution in [0.15, 0.2) is 48.8 Å². The first-order valence-electron chi connectivity index (χ1n) is 12.1. The quantitative estimate of drug-likeness (QED) is 0.280. The van der Waals surface area contributed by atoms with E-state index in [1.54, 1.807) is 50.5 Å². The number of hydrogen-bond acceptors (Lipinski definition) is 10. The van der Waals surface area contributed by atoms with E-state index in [0.717, 1.165) is 12.4 Å². The summed E-state index contributed by atoms with van der Waals surface area (Å²) in [6.45, 7) is 1.52. The first-order chi connectivity index (χ1) is 19.1. The van der Waals surface area contributed by atoms with Crippen LogP contribution in [0, 0.1) is 5.82 Å². The smallest absolute Gasteiger partial charge is 0.271 e. The van der Waals surface area contributed by atoms with Crippen molar-refractivity contribution in [3.8, 4) is 28.7 Å². The Kier molecular flexibility index (Phi) is 8.38. The highest BCUT2D eigenvalue weighted by molar-refractivity contribution is 7.91. The normalized spacial score (nSPS) is 12.2. The first kappa shape index (κ1) is 28.5. The highest BCUT2D eigenvalue weighted by Gasteiger charge is 2.30. The summed E-state index contributed by atoms with van der Waals surface area (Å²) in [7, 11) is 2.31. The molecule has 4 rings (SSSR count). The molecule has 0 aliphatic heterocycles. The van der Waals surface area contributed by atoms with Crippen LogP contribution < -0.4 is 9.47 Å². The molecule has 0 N–H and O–H groups in total. The molecule has 4 aromatic rings. The third-order valence-electron chi connectivity index (χ3n) is 6.05. The predicted molar refractivity (Wildman–Crippen MR) is 143 cm³/mol. The van der Waals surface area contributed by atoms with Crippen LogP contribution in [0.5, 0.6) is 11.5 Å². The predicted octanol–water partition coefficient (Wildman–Crippen LogP) is 2.52. The highest BCUT2D eigenvalue weighted by Crippen LogP contribution is 2.36. The molecule has 0 saturated heterocycles. The highest BCUT2D eigenvalue weighted by atomic mass is 32.2. The van der Waals surface area contributed by atoms with E-state index in [0.29, 0.717) is 17.2 Å². The lowest BCUT2D eigenvalue weighted by atomic mass is 10.2. The number of ether oxygens (including phenoxy) is 2. The van der Waals surface area contributed by atoms with Crippen LogP contribution in [0.3, 0.4) is 0 Å². The molecule has 0 aliphatic carbocycles. The average Bonchev–Trinajstić information content (AvgIpc) is 3.35. The molecule has 1 amide bonds. The molecule has 0 aliphatic rings. The van der Waals surface area contributed by atoms with Crippen molar-refractivity contribution in [1.82, 2.24) is 34.6 Å². The molecule has 0 fully saturated rings. The van der Waals surface area contributed by atoms with Gasteiger partial charge in [-0.3, -0.25) is 9.36 Å². The number of halogens is 1. The minimum atomic E-state index is -3.85. The van der Waals surface area contributed by atoms with Gasteiger partial charge in [0.1, 0.15) is 40.2 Å². The number of carbonyl (C=O) groups excluding carboxylic acids is 1. The van der Waals surface area contributed by atoms with Crippen molar-refractivity contribution < 1.29 is 27.1 Å². The zero-order valence-corrected chi connectivity index (χ0v) is 23.4. The molecular weight excluding hydrogens is 541 g/mol. The third kappa shape index (κ3) is 5.91. The SMILES string of the molecule is COc1cccc(OC)c1-n1c(CS(=O)(=O)[C@H](C)Cc2ncc(F)cn2)nnc1-c1cccc(C(=O)N(C)C)n1. The van der Waals surface area contributed by atoms with Gasteiger partial charge in [-0.1, -0.05) is 12.1 Å². The molecular formula is C26H28FN7O5S. The average molecular weight is 570 g/mol. The number of hydrogen-bond donors (Lipinski definition) is 0. The van der Waals surface area contributed by atoms with Gasteiger partial charge in [-0.25, -0.2) is 27.8 Å². The maximum Gasteiger partial charge on any atom is 0.271 e. The number of rotatable bonds is 10. The van der Waals surface area contributed by atoms with Crippen LogP contribution in [-0.4, -0.2) is 82.5 Å². The van der Waals surface area contributed by atoms with Crippen LogP contribution in [0.1, 0.15) is 29.1 Å². The fraction of sp³-hybridized carbons (Fsp3) is 0.308. The zero-order valence-electron chi connectivity index (χ0n) is 22.6. The van der Waals surface area contributed by atoms with Crippen molar-refractivity contribution in [2.45, 2.75) is 24.3 Å². The van der Waals surface area contributed by atoms with Gasteiger partial charge in [0.05, 0.1) is 31.9 Å². The molecule has 210 valence electrons. The molecule has 0 spiro atoms. The molecule has 0 radical (unpaired) electrons. The van der Waals surface area contributed by atoms with E-state index in [4.69, 9.17) is 9.47 Å². The lowest BCUT2D eigenvalue weighted by molar-refractivity contribution is 0.0822. The van der Waals surface area contributed by atoms with Crippen molar-refractivity contribution in [2.24, 2.45) is 0 Å². The van der Waals surface area contributed by atoms with Gasteiger partial charge in [0.2, 0.25) is 0 Å². The van der Waals surface area contributed by atoms with E-state index < -0.39 is 26.7 Å². The summed E-state index contributed by atoms with van der Waals surface area (Å²) in [5.41, 5.74) is 0.814. The van der Waals surface area contributed by atoms with Gasteiger partial charge in [-0.2, -0.15) is 0 Å². The van der Waals surface area contributed by atoms with Gasteiger partial charge >= 0.3 is 0 Å². The van der Waals surface area contributed by atoms with Crippen molar-refractivity contribution >= 4 is 15.7 Å². The molecule has 14 heteroatoms. The Balaban J connectivity index is 1.84. The van der Waals surface area contributed by atoms with Crippen molar-refractivity contribution in [2.75, 3.05) is 28.3 Å².